The van der Waals surface area contributed by atoms with E-state index in [4.69, 9.17) is 0 Å². The quantitative estimate of drug-likeness (QED) is 0.280. The number of carbonyl (C=O) groups is 1. The number of amides is 1. The van der Waals surface area contributed by atoms with Crippen LogP contribution in [0.2, 0.25) is 0 Å². The zero-order valence-electron chi connectivity index (χ0n) is 16.5. The fourth-order valence-corrected chi connectivity index (χ4v) is 4.46. The number of nitrogens with one attached hydrogen (secondary N) is 1. The van der Waals surface area contributed by atoms with Gasteiger partial charge in [-0.15, -0.1) is 6.58 Å². The Morgan fingerprint density at radius 1 is 1.00 bits per heavy atom. The monoisotopic (exact) mass is 497 g/mol. The lowest BCUT2D eigenvalue weighted by Crippen LogP contribution is -2.31. The molecule has 8 heteroatoms. The van der Waals surface area contributed by atoms with Gasteiger partial charge in [0.1, 0.15) is 0 Å². The van der Waals surface area contributed by atoms with Crippen molar-refractivity contribution in [2.75, 3.05) is 10.8 Å². The number of hydrogen-bond acceptors (Lipinski definition) is 4. The molecule has 3 aromatic carbocycles. The first kappa shape index (κ1) is 22.5. The number of carbonyl (C=O) groups excluding carboxylic acids is 1. The van der Waals surface area contributed by atoms with Crippen molar-refractivity contribution in [1.29, 1.82) is 0 Å². The standard InChI is InChI=1S/C23H20BrN3O3S/c1-2-16-27(31(29,30)22-6-4-3-5-7-22)21-14-10-19(11-15-21)23(28)26-25-17-18-8-12-20(24)13-9-18/h2-15,17H,1,16H2,(H,26,28)/b25-17-. The predicted octanol–water partition coefficient (Wildman–Crippen LogP) is 4.59. The molecule has 3 rings (SSSR count). The molecular formula is C23H20BrN3O3S. The molecule has 0 radical (unpaired) electrons. The minimum atomic E-state index is -3.76. The minimum absolute atomic E-state index is 0.0975. The van der Waals surface area contributed by atoms with E-state index in [0.717, 1.165) is 10.0 Å². The number of nitrogens with zero attached hydrogens (tertiary/aromatic N) is 2. The molecule has 1 N–H and O–H groups in total. The van der Waals surface area contributed by atoms with E-state index in [-0.39, 0.29) is 11.4 Å². The Morgan fingerprint density at radius 2 is 1.65 bits per heavy atom. The van der Waals surface area contributed by atoms with Crippen LogP contribution in [0.3, 0.4) is 0 Å². The largest absolute Gasteiger partial charge is 0.271 e. The SMILES string of the molecule is C=CCN(c1ccc(C(=O)N/N=C\c2ccc(Br)cc2)cc1)S(=O)(=O)c1ccccc1. The van der Waals surface area contributed by atoms with Crippen molar-refractivity contribution in [2.24, 2.45) is 5.10 Å². The predicted molar refractivity (Wildman–Crippen MR) is 127 cm³/mol. The van der Waals surface area contributed by atoms with Crippen LogP contribution in [0.1, 0.15) is 15.9 Å². The van der Waals surface area contributed by atoms with Crippen molar-refractivity contribution in [3.63, 3.8) is 0 Å². The zero-order chi connectivity index (χ0) is 22.3. The third kappa shape index (κ3) is 5.68. The number of anilines is 1. The third-order valence-electron chi connectivity index (χ3n) is 4.29. The Morgan fingerprint density at radius 3 is 2.26 bits per heavy atom. The Labute approximate surface area is 190 Å². The van der Waals surface area contributed by atoms with Gasteiger partial charge in [-0.05, 0) is 54.1 Å². The van der Waals surface area contributed by atoms with Crippen LogP contribution in [0.4, 0.5) is 5.69 Å². The minimum Gasteiger partial charge on any atom is -0.267 e. The maximum Gasteiger partial charge on any atom is 0.271 e. The number of benzene rings is 3. The second-order valence-electron chi connectivity index (χ2n) is 6.44. The molecule has 6 nitrogen and oxygen atoms in total. The van der Waals surface area contributed by atoms with Crippen LogP contribution in [0.25, 0.3) is 0 Å². The van der Waals surface area contributed by atoms with Gasteiger partial charge in [0.25, 0.3) is 15.9 Å². The van der Waals surface area contributed by atoms with Crippen molar-refractivity contribution in [1.82, 2.24) is 5.43 Å². The number of rotatable bonds is 8. The molecule has 1 amide bonds. The lowest BCUT2D eigenvalue weighted by Gasteiger charge is -2.23. The number of hydrazone groups is 1. The van der Waals surface area contributed by atoms with E-state index in [1.807, 2.05) is 24.3 Å². The summed E-state index contributed by atoms with van der Waals surface area (Å²) in [6.07, 6.45) is 3.05. The van der Waals surface area contributed by atoms with E-state index in [1.165, 1.54) is 28.7 Å². The van der Waals surface area contributed by atoms with Gasteiger partial charge in [0.2, 0.25) is 0 Å². The van der Waals surface area contributed by atoms with Gasteiger partial charge in [-0.25, -0.2) is 13.8 Å². The van der Waals surface area contributed by atoms with Gasteiger partial charge >= 0.3 is 0 Å². The van der Waals surface area contributed by atoms with Gasteiger partial charge in [-0.3, -0.25) is 9.10 Å². The van der Waals surface area contributed by atoms with Gasteiger partial charge in [-0.2, -0.15) is 5.10 Å². The highest BCUT2D eigenvalue weighted by molar-refractivity contribution is 9.10. The van der Waals surface area contributed by atoms with Crippen LogP contribution in [0.5, 0.6) is 0 Å². The van der Waals surface area contributed by atoms with Gasteiger partial charge in [-0.1, -0.05) is 52.3 Å². The van der Waals surface area contributed by atoms with Crippen molar-refractivity contribution in [3.8, 4) is 0 Å². The van der Waals surface area contributed by atoms with E-state index in [9.17, 15) is 13.2 Å². The topological polar surface area (TPSA) is 78.8 Å². The van der Waals surface area contributed by atoms with E-state index in [0.29, 0.717) is 11.3 Å². The molecule has 0 aliphatic heterocycles. The van der Waals surface area contributed by atoms with E-state index >= 15 is 0 Å². The average molecular weight is 498 g/mol. The molecule has 0 fully saturated rings. The molecule has 0 atom stereocenters. The highest BCUT2D eigenvalue weighted by Gasteiger charge is 2.23. The van der Waals surface area contributed by atoms with Crippen LogP contribution in [-0.2, 0) is 10.0 Å². The highest BCUT2D eigenvalue weighted by atomic mass is 79.9. The Hall–Kier alpha value is -3.23. The molecule has 0 aliphatic rings. The molecule has 0 saturated carbocycles. The zero-order valence-corrected chi connectivity index (χ0v) is 18.9. The smallest absolute Gasteiger partial charge is 0.267 e. The third-order valence-corrected chi connectivity index (χ3v) is 6.63. The summed E-state index contributed by atoms with van der Waals surface area (Å²) < 4.78 is 28.2. The number of hydrogen-bond donors (Lipinski definition) is 1. The van der Waals surface area contributed by atoms with Crippen LogP contribution >= 0.6 is 15.9 Å². The number of sulfonamides is 1. The summed E-state index contributed by atoms with van der Waals surface area (Å²) in [6.45, 7) is 3.75. The Bertz CT molecular complexity index is 1180. The van der Waals surface area contributed by atoms with Gasteiger partial charge < -0.3 is 0 Å². The molecule has 31 heavy (non-hydrogen) atoms. The molecule has 3 aromatic rings. The Kier molecular flexibility index (Phi) is 7.38. The van der Waals surface area contributed by atoms with Crippen LogP contribution in [0, 0.1) is 0 Å². The molecule has 0 unspecified atom stereocenters. The van der Waals surface area contributed by atoms with Crippen molar-refractivity contribution in [3.05, 3.63) is 107 Å². The van der Waals surface area contributed by atoms with E-state index in [2.05, 4.69) is 33.0 Å². The molecule has 0 heterocycles. The van der Waals surface area contributed by atoms with Crippen molar-refractivity contribution < 1.29 is 13.2 Å². The summed E-state index contributed by atoms with van der Waals surface area (Å²) in [6, 6.07) is 21.9. The molecule has 0 spiro atoms. The fraction of sp³-hybridized carbons (Fsp3) is 0.0435. The fourth-order valence-electron chi connectivity index (χ4n) is 2.74. The first-order valence-corrected chi connectivity index (χ1v) is 11.5. The molecule has 0 aromatic heterocycles. The molecule has 0 aliphatic carbocycles. The summed E-state index contributed by atoms with van der Waals surface area (Å²) in [5.41, 5.74) is 4.08. The first-order chi connectivity index (χ1) is 14.9. The van der Waals surface area contributed by atoms with Crippen molar-refractivity contribution >= 4 is 43.8 Å². The number of halogens is 1. The highest BCUT2D eigenvalue weighted by Crippen LogP contribution is 2.24. The second kappa shape index (κ2) is 10.2. The average Bonchev–Trinajstić information content (AvgIpc) is 2.79. The summed E-state index contributed by atoms with van der Waals surface area (Å²) in [4.78, 5) is 12.5. The van der Waals surface area contributed by atoms with Crippen LogP contribution in [0.15, 0.2) is 106 Å². The van der Waals surface area contributed by atoms with E-state index in [1.54, 1.807) is 42.5 Å². The normalized spacial score (nSPS) is 11.3. The summed E-state index contributed by atoms with van der Waals surface area (Å²) in [5, 5.41) is 3.95. The summed E-state index contributed by atoms with van der Waals surface area (Å²) in [5.74, 6) is -0.402. The van der Waals surface area contributed by atoms with Crippen molar-refractivity contribution in [2.45, 2.75) is 4.90 Å². The lowest BCUT2D eigenvalue weighted by molar-refractivity contribution is 0.0955. The van der Waals surface area contributed by atoms with Crippen LogP contribution in [-0.4, -0.2) is 27.1 Å². The second-order valence-corrected chi connectivity index (χ2v) is 9.21. The summed E-state index contributed by atoms with van der Waals surface area (Å²) in [7, 11) is -3.76. The maximum atomic E-state index is 13.0. The molecule has 158 valence electrons. The van der Waals surface area contributed by atoms with E-state index < -0.39 is 15.9 Å². The molecule has 0 bridgehead atoms. The van der Waals surface area contributed by atoms with Crippen LogP contribution < -0.4 is 9.73 Å². The lowest BCUT2D eigenvalue weighted by atomic mass is 10.2. The Balaban J connectivity index is 1.74. The first-order valence-electron chi connectivity index (χ1n) is 9.29. The van der Waals surface area contributed by atoms with Gasteiger partial charge in [0.15, 0.2) is 0 Å². The maximum absolute atomic E-state index is 13.0. The van der Waals surface area contributed by atoms with Gasteiger partial charge in [0.05, 0.1) is 23.3 Å². The molecule has 0 saturated heterocycles. The van der Waals surface area contributed by atoms with Gasteiger partial charge in [0, 0.05) is 10.0 Å². The summed E-state index contributed by atoms with van der Waals surface area (Å²) >= 11 is 3.36. The molecular weight excluding hydrogens is 478 g/mol.